The number of rotatable bonds is 5. The van der Waals surface area contributed by atoms with Gasteiger partial charge in [0.1, 0.15) is 16.8 Å². The van der Waals surface area contributed by atoms with Gasteiger partial charge in [0.2, 0.25) is 0 Å². The molecule has 0 aromatic heterocycles. The minimum Gasteiger partial charge on any atom is -0.404 e. The summed E-state index contributed by atoms with van der Waals surface area (Å²) in [5.41, 5.74) is 1.19. The highest BCUT2D eigenvalue weighted by atomic mass is 28.2. The zero-order valence-electron chi connectivity index (χ0n) is 8.19. The van der Waals surface area contributed by atoms with Gasteiger partial charge >= 0.3 is 0 Å². The SMILES string of the molecule is CCC(O[SiH3])OCc1ccccc1. The summed E-state index contributed by atoms with van der Waals surface area (Å²) in [4.78, 5) is 0. The lowest BCUT2D eigenvalue weighted by atomic mass is 10.2. The van der Waals surface area contributed by atoms with Gasteiger partial charge < -0.3 is 9.16 Å². The normalized spacial score (nSPS) is 13.0. The largest absolute Gasteiger partial charge is 0.404 e. The Labute approximate surface area is 82.4 Å². The van der Waals surface area contributed by atoms with Crippen molar-refractivity contribution >= 4 is 10.5 Å². The van der Waals surface area contributed by atoms with Crippen LogP contribution in [0.3, 0.4) is 0 Å². The summed E-state index contributed by atoms with van der Waals surface area (Å²) >= 11 is 0. The fourth-order valence-corrected chi connectivity index (χ4v) is 1.59. The van der Waals surface area contributed by atoms with Gasteiger partial charge in [0.15, 0.2) is 0 Å². The molecule has 0 saturated heterocycles. The van der Waals surface area contributed by atoms with E-state index in [0.717, 1.165) is 16.9 Å². The second kappa shape index (κ2) is 5.91. The van der Waals surface area contributed by atoms with Crippen LogP contribution in [0.1, 0.15) is 18.9 Å². The fraction of sp³-hybridized carbons (Fsp3) is 0.400. The molecule has 1 atom stereocenters. The lowest BCUT2D eigenvalue weighted by molar-refractivity contribution is -0.0872. The highest BCUT2D eigenvalue weighted by Gasteiger charge is 2.02. The van der Waals surface area contributed by atoms with E-state index in [1.807, 2.05) is 18.2 Å². The Bertz CT molecular complexity index is 222. The molecular formula is C10H16O2Si. The summed E-state index contributed by atoms with van der Waals surface area (Å²) in [6, 6.07) is 10.1. The highest BCUT2D eigenvalue weighted by molar-refractivity contribution is 5.98. The quantitative estimate of drug-likeness (QED) is 0.521. The first-order valence-corrected chi connectivity index (χ1v) is 5.36. The number of benzene rings is 1. The van der Waals surface area contributed by atoms with Crippen LogP contribution in [0.2, 0.25) is 0 Å². The van der Waals surface area contributed by atoms with E-state index in [4.69, 9.17) is 9.16 Å². The molecule has 0 aliphatic carbocycles. The van der Waals surface area contributed by atoms with Crippen molar-refractivity contribution in [1.82, 2.24) is 0 Å². The predicted molar refractivity (Wildman–Crippen MR) is 56.3 cm³/mol. The molecule has 1 rings (SSSR count). The van der Waals surface area contributed by atoms with Gasteiger partial charge in [-0.05, 0) is 12.0 Å². The van der Waals surface area contributed by atoms with E-state index in [9.17, 15) is 0 Å². The average molecular weight is 196 g/mol. The van der Waals surface area contributed by atoms with Crippen molar-refractivity contribution in [3.63, 3.8) is 0 Å². The smallest absolute Gasteiger partial charge is 0.149 e. The van der Waals surface area contributed by atoms with Crippen molar-refractivity contribution in [3.8, 4) is 0 Å². The van der Waals surface area contributed by atoms with E-state index in [2.05, 4.69) is 19.1 Å². The van der Waals surface area contributed by atoms with Crippen LogP contribution in [-0.4, -0.2) is 16.8 Å². The number of hydrogen-bond donors (Lipinski definition) is 0. The summed E-state index contributed by atoms with van der Waals surface area (Å²) in [5, 5.41) is 0. The van der Waals surface area contributed by atoms with Crippen LogP contribution in [0, 0.1) is 0 Å². The van der Waals surface area contributed by atoms with Crippen molar-refractivity contribution in [2.75, 3.05) is 0 Å². The van der Waals surface area contributed by atoms with Crippen molar-refractivity contribution in [2.24, 2.45) is 0 Å². The lowest BCUT2D eigenvalue weighted by Crippen LogP contribution is -2.14. The Kier molecular flexibility index (Phi) is 4.75. The molecule has 0 amide bonds. The third-order valence-electron chi connectivity index (χ3n) is 1.87. The minimum absolute atomic E-state index is 0.0214. The second-order valence-electron chi connectivity index (χ2n) is 2.87. The van der Waals surface area contributed by atoms with E-state index in [0.29, 0.717) is 6.61 Å². The highest BCUT2D eigenvalue weighted by Crippen LogP contribution is 2.05. The van der Waals surface area contributed by atoms with E-state index in [1.54, 1.807) is 0 Å². The summed E-state index contributed by atoms with van der Waals surface area (Å²) in [5.74, 6) is 0. The maximum absolute atomic E-state index is 5.54. The summed E-state index contributed by atoms with van der Waals surface area (Å²) < 4.78 is 10.8. The average Bonchev–Trinajstić information content (AvgIpc) is 2.21. The van der Waals surface area contributed by atoms with Gasteiger partial charge in [0.25, 0.3) is 0 Å². The van der Waals surface area contributed by atoms with Crippen LogP contribution < -0.4 is 0 Å². The Balaban J connectivity index is 2.34. The van der Waals surface area contributed by atoms with Crippen molar-refractivity contribution < 1.29 is 9.16 Å². The molecule has 0 aliphatic rings. The van der Waals surface area contributed by atoms with Gasteiger partial charge in [0.05, 0.1) is 6.61 Å². The molecule has 0 heterocycles. The second-order valence-corrected chi connectivity index (χ2v) is 3.34. The van der Waals surface area contributed by atoms with E-state index in [1.165, 1.54) is 5.56 Å². The van der Waals surface area contributed by atoms with Gasteiger partial charge in [-0.1, -0.05) is 37.3 Å². The molecule has 1 aromatic carbocycles. The molecule has 0 fully saturated rings. The van der Waals surface area contributed by atoms with E-state index in [-0.39, 0.29) is 6.29 Å². The maximum atomic E-state index is 5.54. The molecule has 1 aromatic rings. The van der Waals surface area contributed by atoms with Crippen molar-refractivity contribution in [1.29, 1.82) is 0 Å². The first-order valence-electron chi connectivity index (χ1n) is 4.55. The minimum atomic E-state index is -0.0214. The zero-order chi connectivity index (χ0) is 9.52. The first kappa shape index (κ1) is 10.4. The summed E-state index contributed by atoms with van der Waals surface area (Å²) in [6.45, 7) is 2.70. The van der Waals surface area contributed by atoms with Crippen LogP contribution in [0.25, 0.3) is 0 Å². The Morgan fingerprint density at radius 3 is 2.54 bits per heavy atom. The molecule has 13 heavy (non-hydrogen) atoms. The van der Waals surface area contributed by atoms with Gasteiger partial charge in [-0.2, -0.15) is 0 Å². The van der Waals surface area contributed by atoms with Gasteiger partial charge in [-0.15, -0.1) is 0 Å². The number of ether oxygens (including phenoxy) is 1. The third kappa shape index (κ3) is 3.72. The van der Waals surface area contributed by atoms with Crippen LogP contribution in [-0.2, 0) is 15.8 Å². The molecule has 72 valence electrons. The molecule has 0 saturated carbocycles. The molecule has 3 heteroatoms. The van der Waals surface area contributed by atoms with Gasteiger partial charge in [0, 0.05) is 0 Å². The molecule has 1 unspecified atom stereocenters. The standard InChI is InChI=1S/C10H16O2Si/c1-2-10(12-13)11-8-9-6-4-3-5-7-9/h3-7,10H,2,8H2,1,13H3. The Morgan fingerprint density at radius 1 is 1.31 bits per heavy atom. The Morgan fingerprint density at radius 2 is 2.00 bits per heavy atom. The lowest BCUT2D eigenvalue weighted by Gasteiger charge is -2.14. The molecule has 0 aliphatic heterocycles. The van der Waals surface area contributed by atoms with E-state index < -0.39 is 0 Å². The van der Waals surface area contributed by atoms with Gasteiger partial charge in [-0.3, -0.25) is 0 Å². The molecule has 0 N–H and O–H groups in total. The van der Waals surface area contributed by atoms with Crippen LogP contribution in [0.4, 0.5) is 0 Å². The van der Waals surface area contributed by atoms with Crippen LogP contribution in [0.15, 0.2) is 30.3 Å². The summed E-state index contributed by atoms with van der Waals surface area (Å²) in [6.07, 6.45) is 0.892. The molecular weight excluding hydrogens is 180 g/mol. The fourth-order valence-electron chi connectivity index (χ4n) is 1.12. The van der Waals surface area contributed by atoms with Crippen molar-refractivity contribution in [2.45, 2.75) is 26.2 Å². The van der Waals surface area contributed by atoms with Gasteiger partial charge in [-0.25, -0.2) is 0 Å². The Hall–Kier alpha value is -0.643. The summed E-state index contributed by atoms with van der Waals surface area (Å²) in [7, 11) is 0.733. The van der Waals surface area contributed by atoms with Crippen LogP contribution in [0.5, 0.6) is 0 Å². The molecule has 0 radical (unpaired) electrons. The van der Waals surface area contributed by atoms with Crippen molar-refractivity contribution in [3.05, 3.63) is 35.9 Å². The monoisotopic (exact) mass is 196 g/mol. The van der Waals surface area contributed by atoms with Crippen LogP contribution >= 0.6 is 0 Å². The number of hydrogen-bond acceptors (Lipinski definition) is 2. The molecule has 0 bridgehead atoms. The maximum Gasteiger partial charge on any atom is 0.149 e. The molecule has 2 nitrogen and oxygen atoms in total. The molecule has 0 spiro atoms. The topological polar surface area (TPSA) is 18.5 Å². The zero-order valence-corrected chi connectivity index (χ0v) is 10.2. The van der Waals surface area contributed by atoms with E-state index >= 15 is 0 Å². The predicted octanol–water partition coefficient (Wildman–Crippen LogP) is 1.24. The first-order chi connectivity index (χ1) is 6.36. The third-order valence-corrected chi connectivity index (χ3v) is 2.40.